The van der Waals surface area contributed by atoms with Crippen LogP contribution in [0.15, 0.2) is 30.3 Å². The lowest BCUT2D eigenvalue weighted by Gasteiger charge is -2.16. The van der Waals surface area contributed by atoms with E-state index in [0.717, 1.165) is 18.4 Å². The number of rotatable bonds is 6. The number of nitrogens with two attached hydrogens (primary N) is 1. The Morgan fingerprint density at radius 3 is 2.68 bits per heavy atom. The first-order valence-corrected chi connectivity index (χ1v) is 8.44. The van der Waals surface area contributed by atoms with Gasteiger partial charge in [0.25, 0.3) is 0 Å². The Kier molecular flexibility index (Phi) is 4.96. The van der Waals surface area contributed by atoms with Gasteiger partial charge in [0.2, 0.25) is 10.0 Å². The summed E-state index contributed by atoms with van der Waals surface area (Å²) in [5.41, 5.74) is 6.60. The molecule has 2 N–H and O–H groups in total. The molecule has 0 aromatic heterocycles. The molecule has 19 heavy (non-hydrogen) atoms. The third-order valence-electron chi connectivity index (χ3n) is 3.71. The summed E-state index contributed by atoms with van der Waals surface area (Å²) in [5.74, 6) is 0.642. The van der Waals surface area contributed by atoms with Gasteiger partial charge >= 0.3 is 0 Å². The van der Waals surface area contributed by atoms with Gasteiger partial charge in [0.05, 0.1) is 5.75 Å². The highest BCUT2D eigenvalue weighted by Gasteiger charge is 2.30. The second kappa shape index (κ2) is 6.50. The Morgan fingerprint density at radius 1 is 1.26 bits per heavy atom. The third-order valence-corrected chi connectivity index (χ3v) is 5.55. The first kappa shape index (κ1) is 14.5. The molecule has 0 radical (unpaired) electrons. The Bertz CT molecular complexity index is 487. The summed E-state index contributed by atoms with van der Waals surface area (Å²) in [6.07, 6.45) is 2.45. The predicted molar refractivity (Wildman–Crippen MR) is 77.3 cm³/mol. The summed E-state index contributed by atoms with van der Waals surface area (Å²) in [6.45, 7) is 1.94. The summed E-state index contributed by atoms with van der Waals surface area (Å²) in [6, 6.07) is 9.76. The molecule has 1 aromatic carbocycles. The van der Waals surface area contributed by atoms with Crippen LogP contribution in [-0.2, 0) is 16.4 Å². The van der Waals surface area contributed by atoms with Crippen molar-refractivity contribution in [3.8, 4) is 0 Å². The number of hydrogen-bond acceptors (Lipinski definition) is 3. The minimum absolute atomic E-state index is 0.201. The zero-order chi connectivity index (χ0) is 13.7. The highest BCUT2D eigenvalue weighted by Crippen LogP contribution is 2.22. The Balaban J connectivity index is 1.89. The van der Waals surface area contributed by atoms with E-state index in [9.17, 15) is 8.42 Å². The van der Waals surface area contributed by atoms with Crippen LogP contribution in [0.1, 0.15) is 18.4 Å². The molecule has 0 aliphatic carbocycles. The molecule has 1 unspecified atom stereocenters. The maximum Gasteiger partial charge on any atom is 0.214 e. The topological polar surface area (TPSA) is 63.4 Å². The lowest BCUT2D eigenvalue weighted by molar-refractivity contribution is 0.448. The summed E-state index contributed by atoms with van der Waals surface area (Å²) < 4.78 is 26.1. The SMILES string of the molecule is NCCC1CCN(S(=O)(=O)CCc2ccccc2)C1. The van der Waals surface area contributed by atoms with E-state index in [1.807, 2.05) is 30.3 Å². The Morgan fingerprint density at radius 2 is 2.00 bits per heavy atom. The fourth-order valence-electron chi connectivity index (χ4n) is 2.54. The molecule has 5 heteroatoms. The van der Waals surface area contributed by atoms with Crippen LogP contribution in [0.3, 0.4) is 0 Å². The van der Waals surface area contributed by atoms with Crippen molar-refractivity contribution in [3.05, 3.63) is 35.9 Å². The van der Waals surface area contributed by atoms with Gasteiger partial charge in [0, 0.05) is 13.1 Å². The van der Waals surface area contributed by atoms with Gasteiger partial charge in [-0.05, 0) is 37.3 Å². The lowest BCUT2D eigenvalue weighted by atomic mass is 10.1. The minimum Gasteiger partial charge on any atom is -0.330 e. The zero-order valence-corrected chi connectivity index (χ0v) is 12.0. The standard InChI is InChI=1S/C14H22N2O2S/c15-9-6-14-7-10-16(12-14)19(17,18)11-8-13-4-2-1-3-5-13/h1-5,14H,6-12,15H2. The number of hydrogen-bond donors (Lipinski definition) is 1. The molecule has 1 fully saturated rings. The molecule has 1 aliphatic heterocycles. The summed E-state index contributed by atoms with van der Waals surface area (Å²) >= 11 is 0. The summed E-state index contributed by atoms with van der Waals surface area (Å²) in [4.78, 5) is 0. The van der Waals surface area contributed by atoms with E-state index in [-0.39, 0.29) is 5.75 Å². The average Bonchev–Trinajstić information content (AvgIpc) is 2.88. The van der Waals surface area contributed by atoms with E-state index < -0.39 is 10.0 Å². The molecule has 0 saturated carbocycles. The van der Waals surface area contributed by atoms with Gasteiger partial charge in [-0.1, -0.05) is 30.3 Å². The molecular formula is C14H22N2O2S. The van der Waals surface area contributed by atoms with Crippen molar-refractivity contribution in [2.45, 2.75) is 19.3 Å². The van der Waals surface area contributed by atoms with E-state index in [2.05, 4.69) is 0 Å². The van der Waals surface area contributed by atoms with Crippen molar-refractivity contribution in [2.24, 2.45) is 11.7 Å². The molecule has 1 saturated heterocycles. The average molecular weight is 282 g/mol. The lowest BCUT2D eigenvalue weighted by Crippen LogP contribution is -2.31. The van der Waals surface area contributed by atoms with Gasteiger partial charge < -0.3 is 5.73 Å². The summed E-state index contributed by atoms with van der Waals surface area (Å²) in [5, 5.41) is 0. The Labute approximate surface area is 115 Å². The molecule has 4 nitrogen and oxygen atoms in total. The number of benzene rings is 1. The van der Waals surface area contributed by atoms with E-state index in [1.165, 1.54) is 0 Å². The summed E-state index contributed by atoms with van der Waals surface area (Å²) in [7, 11) is -3.12. The van der Waals surface area contributed by atoms with Crippen molar-refractivity contribution < 1.29 is 8.42 Å². The number of aryl methyl sites for hydroxylation is 1. The molecule has 0 amide bonds. The van der Waals surface area contributed by atoms with Crippen molar-refractivity contribution in [2.75, 3.05) is 25.4 Å². The van der Waals surface area contributed by atoms with Crippen LogP contribution < -0.4 is 5.73 Å². The van der Waals surface area contributed by atoms with Crippen LogP contribution in [0.5, 0.6) is 0 Å². The van der Waals surface area contributed by atoms with Gasteiger partial charge in [-0.15, -0.1) is 0 Å². The molecule has 1 atom stereocenters. The van der Waals surface area contributed by atoms with Gasteiger partial charge in [-0.25, -0.2) is 12.7 Å². The van der Waals surface area contributed by atoms with Crippen molar-refractivity contribution >= 4 is 10.0 Å². The molecule has 0 spiro atoms. The first-order chi connectivity index (χ1) is 9.12. The van der Waals surface area contributed by atoms with Gasteiger partial charge in [-0.2, -0.15) is 0 Å². The van der Waals surface area contributed by atoms with Crippen LogP contribution in [0.4, 0.5) is 0 Å². The zero-order valence-electron chi connectivity index (χ0n) is 11.2. The van der Waals surface area contributed by atoms with Crippen molar-refractivity contribution in [1.29, 1.82) is 0 Å². The van der Waals surface area contributed by atoms with E-state index in [0.29, 0.717) is 32.0 Å². The second-order valence-electron chi connectivity index (χ2n) is 5.14. The number of nitrogens with zero attached hydrogens (tertiary/aromatic N) is 1. The fourth-order valence-corrected chi connectivity index (χ4v) is 4.12. The highest BCUT2D eigenvalue weighted by molar-refractivity contribution is 7.89. The van der Waals surface area contributed by atoms with Crippen LogP contribution >= 0.6 is 0 Å². The first-order valence-electron chi connectivity index (χ1n) is 6.83. The second-order valence-corrected chi connectivity index (χ2v) is 7.23. The van der Waals surface area contributed by atoms with Gasteiger partial charge in [0.15, 0.2) is 0 Å². The smallest absolute Gasteiger partial charge is 0.214 e. The molecular weight excluding hydrogens is 260 g/mol. The molecule has 0 bridgehead atoms. The van der Waals surface area contributed by atoms with Crippen molar-refractivity contribution in [1.82, 2.24) is 4.31 Å². The minimum atomic E-state index is -3.12. The van der Waals surface area contributed by atoms with E-state index >= 15 is 0 Å². The molecule has 2 rings (SSSR count). The van der Waals surface area contributed by atoms with Crippen LogP contribution in [-0.4, -0.2) is 38.1 Å². The molecule has 1 heterocycles. The van der Waals surface area contributed by atoms with Crippen LogP contribution in [0.2, 0.25) is 0 Å². The quantitative estimate of drug-likeness (QED) is 0.853. The van der Waals surface area contributed by atoms with Crippen LogP contribution in [0, 0.1) is 5.92 Å². The van der Waals surface area contributed by atoms with Crippen LogP contribution in [0.25, 0.3) is 0 Å². The van der Waals surface area contributed by atoms with E-state index in [1.54, 1.807) is 4.31 Å². The normalized spacial score (nSPS) is 20.8. The largest absolute Gasteiger partial charge is 0.330 e. The van der Waals surface area contributed by atoms with Crippen molar-refractivity contribution in [3.63, 3.8) is 0 Å². The third kappa shape index (κ3) is 4.03. The van der Waals surface area contributed by atoms with Gasteiger partial charge in [-0.3, -0.25) is 0 Å². The predicted octanol–water partition coefficient (Wildman–Crippen LogP) is 1.23. The molecule has 1 aliphatic rings. The van der Waals surface area contributed by atoms with Gasteiger partial charge in [0.1, 0.15) is 0 Å². The maximum absolute atomic E-state index is 12.3. The highest BCUT2D eigenvalue weighted by atomic mass is 32.2. The monoisotopic (exact) mass is 282 g/mol. The fraction of sp³-hybridized carbons (Fsp3) is 0.571. The molecule has 106 valence electrons. The van der Waals surface area contributed by atoms with E-state index in [4.69, 9.17) is 5.73 Å². The number of sulfonamides is 1. The Hall–Kier alpha value is -0.910. The maximum atomic E-state index is 12.3. The molecule has 1 aromatic rings.